The molecule has 1 atom stereocenters. The van der Waals surface area contributed by atoms with Crippen LogP contribution in [-0.2, 0) is 4.57 Å². The summed E-state index contributed by atoms with van der Waals surface area (Å²) in [5.41, 5.74) is 9.27. The summed E-state index contributed by atoms with van der Waals surface area (Å²) >= 11 is 0. The fourth-order valence-electron chi connectivity index (χ4n) is 5.20. The van der Waals surface area contributed by atoms with Gasteiger partial charge in [0.15, 0.2) is 7.14 Å². The van der Waals surface area contributed by atoms with Crippen molar-refractivity contribution in [3.63, 3.8) is 0 Å². The van der Waals surface area contributed by atoms with Crippen LogP contribution in [0.25, 0.3) is 10.9 Å². The quantitative estimate of drug-likeness (QED) is 0.313. The predicted molar refractivity (Wildman–Crippen MR) is 138 cm³/mol. The van der Waals surface area contributed by atoms with E-state index in [-0.39, 0.29) is 0 Å². The molecule has 4 aromatic carbocycles. The van der Waals surface area contributed by atoms with E-state index in [9.17, 15) is 0 Å². The molecule has 0 fully saturated rings. The van der Waals surface area contributed by atoms with Crippen LogP contribution < -0.4 is 10.6 Å². The Balaban J connectivity index is 2.03. The van der Waals surface area contributed by atoms with E-state index in [4.69, 9.17) is 0 Å². The third kappa shape index (κ3) is 2.96. The maximum atomic E-state index is 15.4. The molecule has 1 aliphatic heterocycles. The summed E-state index contributed by atoms with van der Waals surface area (Å²) in [6, 6.07) is 31.1. The second kappa shape index (κ2) is 7.76. The third-order valence-electron chi connectivity index (χ3n) is 6.63. The lowest BCUT2D eigenvalue weighted by atomic mass is 9.88. The highest BCUT2D eigenvalue weighted by molar-refractivity contribution is 7.88. The van der Waals surface area contributed by atoms with E-state index in [1.54, 1.807) is 0 Å². The van der Waals surface area contributed by atoms with E-state index in [1.165, 1.54) is 16.7 Å². The highest BCUT2D eigenvalue weighted by atomic mass is 31.2. The van der Waals surface area contributed by atoms with Crippen molar-refractivity contribution in [1.82, 2.24) is 0 Å². The number of hydrogen-bond donors (Lipinski definition) is 0. The van der Waals surface area contributed by atoms with Crippen molar-refractivity contribution in [2.75, 3.05) is 0 Å². The molecule has 1 aliphatic rings. The van der Waals surface area contributed by atoms with E-state index < -0.39 is 7.14 Å². The van der Waals surface area contributed by atoms with E-state index in [0.717, 1.165) is 43.8 Å². The van der Waals surface area contributed by atoms with Gasteiger partial charge in [0.05, 0.1) is 0 Å². The highest BCUT2D eigenvalue weighted by Gasteiger charge is 2.44. The topological polar surface area (TPSA) is 17.1 Å². The molecule has 1 nitrogen and oxygen atoms in total. The van der Waals surface area contributed by atoms with E-state index >= 15 is 4.57 Å². The van der Waals surface area contributed by atoms with Crippen molar-refractivity contribution in [1.29, 1.82) is 0 Å². The van der Waals surface area contributed by atoms with Crippen LogP contribution >= 0.6 is 7.14 Å². The molecule has 32 heavy (non-hydrogen) atoms. The van der Waals surface area contributed by atoms with Gasteiger partial charge in [-0.1, -0.05) is 91.0 Å². The van der Waals surface area contributed by atoms with E-state index in [2.05, 4.69) is 82.3 Å². The van der Waals surface area contributed by atoms with Gasteiger partial charge in [0, 0.05) is 21.5 Å². The summed E-state index contributed by atoms with van der Waals surface area (Å²) < 4.78 is 15.4. The predicted octanol–water partition coefficient (Wildman–Crippen LogP) is 7.16. The molecule has 1 heterocycles. The molecule has 0 spiro atoms. The molecule has 0 amide bonds. The monoisotopic (exact) mass is 434 g/mol. The average molecular weight is 435 g/mol. The minimum absolute atomic E-state index is 0.895. The molecule has 0 radical (unpaired) electrons. The minimum atomic E-state index is -3.08. The summed E-state index contributed by atoms with van der Waals surface area (Å²) in [5, 5.41) is 2.82. The van der Waals surface area contributed by atoms with Gasteiger partial charge in [0.1, 0.15) is 0 Å². The zero-order valence-electron chi connectivity index (χ0n) is 19.0. The molecular formula is C30H27OP. The summed E-state index contributed by atoms with van der Waals surface area (Å²) in [7, 11) is -3.08. The fraction of sp³-hybridized carbons (Fsp3) is 0.133. The average Bonchev–Trinajstić information content (AvgIpc) is 3.04. The van der Waals surface area contributed by atoms with Crippen molar-refractivity contribution in [3.05, 3.63) is 130 Å². The first kappa shape index (κ1) is 20.7. The number of fused-ring (bicyclic) bond motifs is 1. The van der Waals surface area contributed by atoms with Gasteiger partial charge in [-0.25, -0.2) is 0 Å². The summed E-state index contributed by atoms with van der Waals surface area (Å²) in [6.45, 7) is 8.59. The Kier molecular flexibility index (Phi) is 5.03. The first-order valence-corrected chi connectivity index (χ1v) is 12.8. The Hall–Kier alpha value is -3.15. The van der Waals surface area contributed by atoms with Gasteiger partial charge in [-0.3, -0.25) is 0 Å². The molecule has 0 unspecified atom stereocenters. The maximum Gasteiger partial charge on any atom is 0.172 e. The molecule has 2 heteroatoms. The van der Waals surface area contributed by atoms with E-state index in [1.807, 2.05) is 36.4 Å². The van der Waals surface area contributed by atoms with Gasteiger partial charge in [-0.15, -0.1) is 0 Å². The second-order valence-electron chi connectivity index (χ2n) is 8.72. The lowest BCUT2D eigenvalue weighted by Crippen LogP contribution is -2.15. The van der Waals surface area contributed by atoms with Crippen molar-refractivity contribution in [3.8, 4) is 0 Å². The minimum Gasteiger partial charge on any atom is -0.309 e. The van der Waals surface area contributed by atoms with Gasteiger partial charge in [-0.2, -0.15) is 0 Å². The second-order valence-corrected chi connectivity index (χ2v) is 11.4. The van der Waals surface area contributed by atoms with Gasteiger partial charge in [-0.05, 0) is 66.6 Å². The van der Waals surface area contributed by atoms with Crippen LogP contribution in [0.5, 0.6) is 0 Å². The largest absolute Gasteiger partial charge is 0.309 e. The first-order chi connectivity index (χ1) is 15.4. The van der Waals surface area contributed by atoms with Crippen LogP contribution in [0.2, 0.25) is 0 Å². The first-order valence-electron chi connectivity index (χ1n) is 11.1. The Bertz CT molecular complexity index is 1390. The molecule has 0 N–H and O–H groups in total. The van der Waals surface area contributed by atoms with Gasteiger partial charge in [0.25, 0.3) is 0 Å². The Labute approximate surface area is 190 Å². The van der Waals surface area contributed by atoms with Crippen LogP contribution in [0.1, 0.15) is 38.9 Å². The number of aryl methyl sites for hydroxylation is 4. The molecule has 5 rings (SSSR count). The number of benzene rings is 4. The Morgan fingerprint density at radius 3 is 1.62 bits per heavy atom. The van der Waals surface area contributed by atoms with Crippen LogP contribution in [0.4, 0.5) is 0 Å². The molecule has 0 saturated carbocycles. The molecule has 0 saturated heterocycles. The number of hydrogen-bond acceptors (Lipinski definition) is 1. The molecule has 0 aliphatic carbocycles. The van der Waals surface area contributed by atoms with Crippen LogP contribution in [0.3, 0.4) is 0 Å². The standard InChI is InChI=1S/C30H27OP/c1-20-12-10-13-21(2)27(20)29-25-18-8-9-19-26(25)32(31,24-16-6-5-7-17-24)30(29)28-22(3)14-11-15-23(28)4/h5-19H,1-4H3/t32-/m1/s1. The fourth-order valence-corrected chi connectivity index (χ4v) is 8.61. The van der Waals surface area contributed by atoms with Crippen LogP contribution in [0.15, 0.2) is 91.0 Å². The zero-order chi connectivity index (χ0) is 22.5. The van der Waals surface area contributed by atoms with Crippen molar-refractivity contribution < 1.29 is 4.57 Å². The summed E-state index contributed by atoms with van der Waals surface area (Å²) in [6.07, 6.45) is 0. The van der Waals surface area contributed by atoms with Gasteiger partial charge in [0.2, 0.25) is 0 Å². The van der Waals surface area contributed by atoms with Crippen LogP contribution in [0, 0.1) is 27.7 Å². The normalized spacial score (nSPS) is 17.5. The van der Waals surface area contributed by atoms with Crippen molar-refractivity contribution in [2.45, 2.75) is 27.7 Å². The molecule has 4 aromatic rings. The van der Waals surface area contributed by atoms with Gasteiger partial charge >= 0.3 is 0 Å². The Morgan fingerprint density at radius 1 is 0.531 bits per heavy atom. The maximum absolute atomic E-state index is 15.4. The lowest BCUT2D eigenvalue weighted by molar-refractivity contribution is 0.593. The smallest absolute Gasteiger partial charge is 0.172 e. The SMILES string of the molecule is Cc1cccc(C)c1C1=C(c2c(C)cccc2C)[P@@](=O)(c2ccccc2)c2ccccc21. The van der Waals surface area contributed by atoms with Crippen molar-refractivity contribution in [2.24, 2.45) is 0 Å². The molecule has 0 aromatic heterocycles. The van der Waals surface area contributed by atoms with Crippen molar-refractivity contribution >= 4 is 28.6 Å². The van der Waals surface area contributed by atoms with E-state index in [0.29, 0.717) is 0 Å². The zero-order valence-corrected chi connectivity index (χ0v) is 19.9. The molecule has 0 bridgehead atoms. The Morgan fingerprint density at radius 2 is 1.03 bits per heavy atom. The van der Waals surface area contributed by atoms with Gasteiger partial charge < -0.3 is 4.57 Å². The number of rotatable bonds is 3. The summed E-state index contributed by atoms with van der Waals surface area (Å²) in [5.74, 6) is 0. The highest BCUT2D eigenvalue weighted by Crippen LogP contribution is 2.66. The lowest BCUT2D eigenvalue weighted by Gasteiger charge is -2.23. The molecular weight excluding hydrogens is 407 g/mol. The molecule has 158 valence electrons. The van der Waals surface area contributed by atoms with Crippen LogP contribution in [-0.4, -0.2) is 0 Å². The third-order valence-corrected chi connectivity index (χ3v) is 9.80. The summed E-state index contributed by atoms with van der Waals surface area (Å²) in [4.78, 5) is 0.